The molecule has 0 atom stereocenters. The molecular weight excluding hydrogens is 406 g/mol. The van der Waals surface area contributed by atoms with Gasteiger partial charge in [0.2, 0.25) is 0 Å². The third-order valence-electron chi connectivity index (χ3n) is 3.36. The van der Waals surface area contributed by atoms with Crippen molar-refractivity contribution in [3.63, 3.8) is 0 Å². The Hall–Kier alpha value is -2.31. The first kappa shape index (κ1) is 19.0. The van der Waals surface area contributed by atoms with E-state index in [0.29, 0.717) is 23.9 Å². The minimum absolute atomic E-state index is 0. The molecule has 1 N–H and O–H groups in total. The maximum Gasteiger partial charge on any atom is 0.163 e. The third-order valence-corrected chi connectivity index (χ3v) is 3.86. The molecule has 0 aliphatic rings. The van der Waals surface area contributed by atoms with Gasteiger partial charge >= 0.3 is 0 Å². The van der Waals surface area contributed by atoms with Crippen molar-refractivity contribution in [3.8, 4) is 11.5 Å². The van der Waals surface area contributed by atoms with E-state index in [9.17, 15) is 0 Å². The molecule has 0 saturated carbocycles. The Balaban J connectivity index is 0.00000225. The number of hydrogen-bond acceptors (Lipinski definition) is 5. The van der Waals surface area contributed by atoms with Crippen molar-refractivity contribution < 1.29 is 9.47 Å². The number of hydrogen-bond donors (Lipinski definition) is 1. The number of benzene rings is 2. The third kappa shape index (κ3) is 4.41. The van der Waals surface area contributed by atoms with Gasteiger partial charge in [0, 0.05) is 21.6 Å². The maximum absolute atomic E-state index is 5.63. The average molecular weight is 423 g/mol. The van der Waals surface area contributed by atoms with Crippen molar-refractivity contribution in [2.45, 2.75) is 0 Å². The molecule has 3 rings (SSSR count). The van der Waals surface area contributed by atoms with Gasteiger partial charge in [-0.15, -0.1) is 12.4 Å². The standard InChI is InChI=1S/C18H16BrN3O2.ClH/c1-3-7-24-17-10-15-14(9-16(17)23-2)18(21-11-20-15)22-13-6-4-5-12(19)8-13;/h3-6,8-11H,1,7H2,2H3,(H,20,21,22);1H. The summed E-state index contributed by atoms with van der Waals surface area (Å²) in [5, 5.41) is 4.16. The van der Waals surface area contributed by atoms with Crippen molar-refractivity contribution >= 4 is 50.7 Å². The molecular formula is C18H17BrClN3O2. The van der Waals surface area contributed by atoms with Crippen LogP contribution in [0.2, 0.25) is 0 Å². The normalized spacial score (nSPS) is 10.0. The SMILES string of the molecule is C=CCOc1cc2ncnc(Nc3cccc(Br)c3)c2cc1OC.Cl. The van der Waals surface area contributed by atoms with Crippen molar-refractivity contribution in [1.29, 1.82) is 0 Å². The minimum Gasteiger partial charge on any atom is -0.493 e. The molecule has 0 bridgehead atoms. The molecule has 0 spiro atoms. The van der Waals surface area contributed by atoms with Crippen LogP contribution in [-0.2, 0) is 0 Å². The van der Waals surface area contributed by atoms with Crippen LogP contribution in [0.25, 0.3) is 10.9 Å². The summed E-state index contributed by atoms with van der Waals surface area (Å²) < 4.78 is 12.0. The second kappa shape index (κ2) is 8.69. The molecule has 5 nitrogen and oxygen atoms in total. The van der Waals surface area contributed by atoms with Crippen molar-refractivity contribution in [3.05, 3.63) is 59.9 Å². The number of fused-ring (bicyclic) bond motifs is 1. The average Bonchev–Trinajstić information content (AvgIpc) is 2.59. The lowest BCUT2D eigenvalue weighted by Crippen LogP contribution is -1.99. The largest absolute Gasteiger partial charge is 0.493 e. The van der Waals surface area contributed by atoms with Gasteiger partial charge in [-0.3, -0.25) is 0 Å². The van der Waals surface area contributed by atoms with E-state index in [-0.39, 0.29) is 12.4 Å². The molecule has 1 heterocycles. The zero-order valence-electron chi connectivity index (χ0n) is 13.5. The summed E-state index contributed by atoms with van der Waals surface area (Å²) in [6.45, 7) is 4.06. The fraction of sp³-hybridized carbons (Fsp3) is 0.111. The molecule has 25 heavy (non-hydrogen) atoms. The predicted molar refractivity (Wildman–Crippen MR) is 106 cm³/mol. The van der Waals surface area contributed by atoms with Crippen LogP contribution in [0.1, 0.15) is 0 Å². The maximum atomic E-state index is 5.63. The van der Waals surface area contributed by atoms with E-state index in [1.807, 2.05) is 36.4 Å². The van der Waals surface area contributed by atoms with Crippen LogP contribution in [0.15, 0.2) is 59.9 Å². The predicted octanol–water partition coefficient (Wildman–Crippen LogP) is 5.13. The van der Waals surface area contributed by atoms with Crippen LogP contribution < -0.4 is 14.8 Å². The molecule has 0 aliphatic carbocycles. The fourth-order valence-electron chi connectivity index (χ4n) is 2.29. The smallest absolute Gasteiger partial charge is 0.163 e. The number of nitrogens with zero attached hydrogens (tertiary/aromatic N) is 2. The summed E-state index contributed by atoms with van der Waals surface area (Å²) in [5.74, 6) is 1.94. The van der Waals surface area contributed by atoms with Gasteiger partial charge < -0.3 is 14.8 Å². The van der Waals surface area contributed by atoms with Crippen LogP contribution in [0.4, 0.5) is 11.5 Å². The van der Waals surface area contributed by atoms with E-state index in [1.165, 1.54) is 6.33 Å². The Kier molecular flexibility index (Phi) is 6.61. The van der Waals surface area contributed by atoms with Crippen molar-refractivity contribution in [1.82, 2.24) is 9.97 Å². The molecule has 3 aromatic rings. The number of anilines is 2. The summed E-state index contributed by atoms with van der Waals surface area (Å²) >= 11 is 3.46. The van der Waals surface area contributed by atoms with Gasteiger partial charge in [0.05, 0.1) is 12.6 Å². The summed E-state index contributed by atoms with van der Waals surface area (Å²) in [6, 6.07) is 11.6. The molecule has 0 aliphatic heterocycles. The van der Waals surface area contributed by atoms with E-state index in [4.69, 9.17) is 9.47 Å². The number of methoxy groups -OCH3 is 1. The highest BCUT2D eigenvalue weighted by Gasteiger charge is 2.11. The van der Waals surface area contributed by atoms with Gasteiger partial charge in [-0.1, -0.05) is 34.7 Å². The van der Waals surface area contributed by atoms with Crippen LogP contribution in [-0.4, -0.2) is 23.7 Å². The molecule has 2 aromatic carbocycles. The van der Waals surface area contributed by atoms with Crippen LogP contribution in [0.5, 0.6) is 11.5 Å². The Bertz CT molecular complexity index is 889. The molecule has 0 unspecified atom stereocenters. The molecule has 0 fully saturated rings. The monoisotopic (exact) mass is 421 g/mol. The zero-order valence-corrected chi connectivity index (χ0v) is 15.9. The lowest BCUT2D eigenvalue weighted by Gasteiger charge is -2.13. The quantitative estimate of drug-likeness (QED) is 0.558. The first-order valence-electron chi connectivity index (χ1n) is 7.30. The van der Waals surface area contributed by atoms with Gasteiger partial charge in [-0.2, -0.15) is 0 Å². The fourth-order valence-corrected chi connectivity index (χ4v) is 2.69. The number of rotatable bonds is 6. The summed E-state index contributed by atoms with van der Waals surface area (Å²) in [6.07, 6.45) is 3.20. The highest BCUT2D eigenvalue weighted by molar-refractivity contribution is 9.10. The second-order valence-electron chi connectivity index (χ2n) is 4.98. The van der Waals surface area contributed by atoms with Crippen LogP contribution in [0, 0.1) is 0 Å². The number of halogens is 2. The molecule has 1 aromatic heterocycles. The molecule has 0 radical (unpaired) electrons. The zero-order chi connectivity index (χ0) is 16.9. The van der Waals surface area contributed by atoms with E-state index in [0.717, 1.165) is 21.1 Å². The Morgan fingerprint density at radius 2 is 2.04 bits per heavy atom. The minimum atomic E-state index is 0. The van der Waals surface area contributed by atoms with Crippen LogP contribution >= 0.6 is 28.3 Å². The van der Waals surface area contributed by atoms with Gasteiger partial charge in [0.1, 0.15) is 18.8 Å². The number of nitrogens with one attached hydrogen (secondary N) is 1. The summed E-state index contributed by atoms with van der Waals surface area (Å²) in [5.41, 5.74) is 1.69. The Morgan fingerprint density at radius 1 is 1.20 bits per heavy atom. The number of aromatic nitrogens is 2. The van der Waals surface area contributed by atoms with E-state index >= 15 is 0 Å². The Labute approximate surface area is 160 Å². The number of ether oxygens (including phenoxy) is 2. The van der Waals surface area contributed by atoms with Crippen molar-refractivity contribution in [2.75, 3.05) is 19.0 Å². The molecule has 7 heteroatoms. The van der Waals surface area contributed by atoms with E-state index in [2.05, 4.69) is 37.8 Å². The molecule has 0 saturated heterocycles. The van der Waals surface area contributed by atoms with Gasteiger partial charge in [-0.05, 0) is 24.3 Å². The first-order chi connectivity index (χ1) is 11.7. The van der Waals surface area contributed by atoms with Gasteiger partial charge in [-0.25, -0.2) is 9.97 Å². The Morgan fingerprint density at radius 3 is 2.76 bits per heavy atom. The van der Waals surface area contributed by atoms with Gasteiger partial charge in [0.15, 0.2) is 11.5 Å². The van der Waals surface area contributed by atoms with Crippen LogP contribution in [0.3, 0.4) is 0 Å². The molecule has 0 amide bonds. The highest BCUT2D eigenvalue weighted by Crippen LogP contribution is 2.34. The summed E-state index contributed by atoms with van der Waals surface area (Å²) in [4.78, 5) is 8.67. The first-order valence-corrected chi connectivity index (χ1v) is 8.09. The van der Waals surface area contributed by atoms with Gasteiger partial charge in [0.25, 0.3) is 0 Å². The lowest BCUT2D eigenvalue weighted by molar-refractivity contribution is 0.327. The lowest BCUT2D eigenvalue weighted by atomic mass is 10.2. The topological polar surface area (TPSA) is 56.3 Å². The van der Waals surface area contributed by atoms with Crippen molar-refractivity contribution in [2.24, 2.45) is 0 Å². The highest BCUT2D eigenvalue weighted by atomic mass is 79.9. The van der Waals surface area contributed by atoms with E-state index in [1.54, 1.807) is 13.2 Å². The second-order valence-corrected chi connectivity index (χ2v) is 5.89. The molecule has 130 valence electrons. The summed E-state index contributed by atoms with van der Waals surface area (Å²) in [7, 11) is 1.60. The van der Waals surface area contributed by atoms with E-state index < -0.39 is 0 Å².